The van der Waals surface area contributed by atoms with E-state index >= 15 is 0 Å². The molecule has 0 radical (unpaired) electrons. The van der Waals surface area contributed by atoms with Gasteiger partial charge in [-0.2, -0.15) is 0 Å². The molecule has 0 bridgehead atoms. The number of methoxy groups -OCH3 is 1. The number of ether oxygens (including phenoxy) is 1. The van der Waals surface area contributed by atoms with Gasteiger partial charge in [0, 0.05) is 19.2 Å². The van der Waals surface area contributed by atoms with Crippen molar-refractivity contribution in [2.45, 2.75) is 13.5 Å². The lowest BCUT2D eigenvalue weighted by Gasteiger charge is -2.19. The number of hydrogen-bond donors (Lipinski definition) is 0. The Morgan fingerprint density at radius 3 is 2.67 bits per heavy atom. The van der Waals surface area contributed by atoms with E-state index in [0.29, 0.717) is 12.3 Å². The van der Waals surface area contributed by atoms with E-state index in [4.69, 9.17) is 4.74 Å². The highest BCUT2D eigenvalue weighted by Crippen LogP contribution is 2.20. The quantitative estimate of drug-likeness (QED) is 0.862. The van der Waals surface area contributed by atoms with E-state index in [1.54, 1.807) is 26.3 Å². The summed E-state index contributed by atoms with van der Waals surface area (Å²) in [5.41, 5.74) is 1.82. The van der Waals surface area contributed by atoms with Crippen molar-refractivity contribution in [1.82, 2.24) is 4.90 Å². The number of para-hydroxylation sites is 1. The van der Waals surface area contributed by atoms with Gasteiger partial charge in [0.15, 0.2) is 0 Å². The van der Waals surface area contributed by atoms with Crippen molar-refractivity contribution in [1.29, 1.82) is 0 Å². The van der Waals surface area contributed by atoms with Crippen LogP contribution in [0.4, 0.5) is 4.39 Å². The van der Waals surface area contributed by atoms with Crippen LogP contribution in [-0.2, 0) is 6.54 Å². The van der Waals surface area contributed by atoms with Gasteiger partial charge < -0.3 is 9.64 Å². The fourth-order valence-corrected chi connectivity index (χ4v) is 2.17. The number of carbonyl (C=O) groups is 1. The number of carbonyl (C=O) groups excluding carboxylic acids is 1. The van der Waals surface area contributed by atoms with E-state index in [-0.39, 0.29) is 11.5 Å². The van der Waals surface area contributed by atoms with Gasteiger partial charge in [-0.3, -0.25) is 4.79 Å². The minimum absolute atomic E-state index is 0.0902. The van der Waals surface area contributed by atoms with Crippen molar-refractivity contribution in [3.05, 3.63) is 65.0 Å². The molecule has 2 rings (SSSR count). The molecule has 0 unspecified atom stereocenters. The Bertz CT molecular complexity index is 655. The summed E-state index contributed by atoms with van der Waals surface area (Å²) in [6.45, 7) is 2.19. The van der Waals surface area contributed by atoms with E-state index in [1.165, 1.54) is 11.0 Å². The van der Waals surface area contributed by atoms with Crippen LogP contribution in [0.25, 0.3) is 0 Å². The van der Waals surface area contributed by atoms with E-state index in [2.05, 4.69) is 0 Å². The Balaban J connectivity index is 2.22. The van der Waals surface area contributed by atoms with E-state index in [1.807, 2.05) is 31.2 Å². The molecule has 3 nitrogen and oxygen atoms in total. The second-order valence-electron chi connectivity index (χ2n) is 4.96. The topological polar surface area (TPSA) is 29.5 Å². The van der Waals surface area contributed by atoms with Gasteiger partial charge in [0.05, 0.1) is 12.7 Å². The number of aryl methyl sites for hydroxylation is 1. The molecule has 110 valence electrons. The van der Waals surface area contributed by atoms with Crippen molar-refractivity contribution < 1.29 is 13.9 Å². The number of rotatable bonds is 4. The molecule has 0 aliphatic carbocycles. The van der Waals surface area contributed by atoms with Crippen LogP contribution in [0.3, 0.4) is 0 Å². The minimum atomic E-state index is -0.502. The summed E-state index contributed by atoms with van der Waals surface area (Å²) in [4.78, 5) is 13.8. The summed E-state index contributed by atoms with van der Waals surface area (Å²) in [6.07, 6.45) is 0. The van der Waals surface area contributed by atoms with Gasteiger partial charge in [0.25, 0.3) is 5.91 Å². The zero-order chi connectivity index (χ0) is 15.4. The largest absolute Gasteiger partial charge is 0.496 e. The Morgan fingerprint density at radius 1 is 1.24 bits per heavy atom. The monoisotopic (exact) mass is 287 g/mol. The van der Waals surface area contributed by atoms with E-state index in [9.17, 15) is 9.18 Å². The zero-order valence-corrected chi connectivity index (χ0v) is 12.4. The highest BCUT2D eigenvalue weighted by atomic mass is 19.1. The maximum Gasteiger partial charge on any atom is 0.256 e. The molecule has 4 heteroatoms. The molecular weight excluding hydrogens is 269 g/mol. The first-order valence-corrected chi connectivity index (χ1v) is 6.66. The number of amides is 1. The summed E-state index contributed by atoms with van der Waals surface area (Å²) >= 11 is 0. The summed E-state index contributed by atoms with van der Waals surface area (Å²) in [5.74, 6) is -0.138. The van der Waals surface area contributed by atoms with Crippen LogP contribution >= 0.6 is 0 Å². The molecule has 1 amide bonds. The smallest absolute Gasteiger partial charge is 0.256 e. The van der Waals surface area contributed by atoms with E-state index < -0.39 is 5.82 Å². The van der Waals surface area contributed by atoms with Crippen LogP contribution in [0.1, 0.15) is 21.5 Å². The van der Waals surface area contributed by atoms with E-state index in [0.717, 1.165) is 11.1 Å². The van der Waals surface area contributed by atoms with Gasteiger partial charge in [0.1, 0.15) is 11.6 Å². The number of halogens is 1. The Kier molecular flexibility index (Phi) is 4.58. The number of nitrogens with zero attached hydrogens (tertiary/aromatic N) is 1. The third-order valence-corrected chi connectivity index (χ3v) is 3.30. The first-order valence-electron chi connectivity index (χ1n) is 6.66. The Labute approximate surface area is 124 Å². The third kappa shape index (κ3) is 3.40. The fourth-order valence-electron chi connectivity index (χ4n) is 2.17. The summed E-state index contributed by atoms with van der Waals surface area (Å²) < 4.78 is 19.1. The van der Waals surface area contributed by atoms with Crippen LogP contribution in [0, 0.1) is 12.7 Å². The molecule has 0 saturated carbocycles. The average Bonchev–Trinajstić information content (AvgIpc) is 2.49. The molecule has 0 aliphatic rings. The predicted molar refractivity (Wildman–Crippen MR) is 79.9 cm³/mol. The second kappa shape index (κ2) is 6.39. The fraction of sp³-hybridized carbons (Fsp3) is 0.235. The van der Waals surface area contributed by atoms with Crippen molar-refractivity contribution in [3.8, 4) is 5.75 Å². The first kappa shape index (κ1) is 15.0. The highest BCUT2D eigenvalue weighted by molar-refractivity contribution is 5.94. The molecule has 0 atom stereocenters. The van der Waals surface area contributed by atoms with Gasteiger partial charge in [-0.1, -0.05) is 29.8 Å². The molecule has 2 aromatic rings. The number of benzene rings is 2. The third-order valence-electron chi connectivity index (χ3n) is 3.30. The molecule has 0 saturated heterocycles. The molecule has 21 heavy (non-hydrogen) atoms. The van der Waals surface area contributed by atoms with Gasteiger partial charge in [-0.05, 0) is 25.1 Å². The maximum absolute atomic E-state index is 13.8. The first-order chi connectivity index (χ1) is 10.0. The predicted octanol–water partition coefficient (Wildman–Crippen LogP) is 3.41. The molecule has 0 spiro atoms. The molecule has 0 aliphatic heterocycles. The van der Waals surface area contributed by atoms with Crippen LogP contribution < -0.4 is 4.74 Å². The Morgan fingerprint density at radius 2 is 1.95 bits per heavy atom. The lowest BCUT2D eigenvalue weighted by molar-refractivity contribution is 0.0779. The number of hydrogen-bond acceptors (Lipinski definition) is 2. The Hall–Kier alpha value is -2.36. The van der Waals surface area contributed by atoms with Crippen LogP contribution in [0.5, 0.6) is 5.75 Å². The van der Waals surface area contributed by atoms with Gasteiger partial charge in [-0.15, -0.1) is 0 Å². The normalized spacial score (nSPS) is 10.3. The van der Waals surface area contributed by atoms with Gasteiger partial charge in [0.2, 0.25) is 0 Å². The zero-order valence-electron chi connectivity index (χ0n) is 12.4. The van der Waals surface area contributed by atoms with Crippen molar-refractivity contribution >= 4 is 5.91 Å². The van der Waals surface area contributed by atoms with Gasteiger partial charge in [-0.25, -0.2) is 4.39 Å². The highest BCUT2D eigenvalue weighted by Gasteiger charge is 2.17. The SMILES string of the molecule is COc1ccccc1CN(C)C(=O)c1cc(C)ccc1F. The standard InChI is InChI=1S/C17H18FNO2/c1-12-8-9-15(18)14(10-12)17(20)19(2)11-13-6-4-5-7-16(13)21-3/h4-10H,11H2,1-3H3. The lowest BCUT2D eigenvalue weighted by Crippen LogP contribution is -2.27. The molecule has 0 heterocycles. The minimum Gasteiger partial charge on any atom is -0.496 e. The van der Waals surface area contributed by atoms with Crippen molar-refractivity contribution in [2.24, 2.45) is 0 Å². The van der Waals surface area contributed by atoms with Crippen molar-refractivity contribution in [3.63, 3.8) is 0 Å². The molecule has 0 aromatic heterocycles. The van der Waals surface area contributed by atoms with Crippen LogP contribution in [-0.4, -0.2) is 25.0 Å². The summed E-state index contributed by atoms with van der Waals surface area (Å²) in [7, 11) is 3.23. The van der Waals surface area contributed by atoms with Crippen LogP contribution in [0.15, 0.2) is 42.5 Å². The maximum atomic E-state index is 13.8. The molecule has 2 aromatic carbocycles. The summed E-state index contributed by atoms with van der Waals surface area (Å²) in [6, 6.07) is 12.0. The van der Waals surface area contributed by atoms with Crippen molar-refractivity contribution in [2.75, 3.05) is 14.2 Å². The molecular formula is C17H18FNO2. The average molecular weight is 287 g/mol. The van der Waals surface area contributed by atoms with Crippen LogP contribution in [0.2, 0.25) is 0 Å². The second-order valence-corrected chi connectivity index (χ2v) is 4.96. The molecule has 0 N–H and O–H groups in total. The summed E-state index contributed by atoms with van der Waals surface area (Å²) in [5, 5.41) is 0. The van der Waals surface area contributed by atoms with Gasteiger partial charge >= 0.3 is 0 Å². The molecule has 0 fully saturated rings. The lowest BCUT2D eigenvalue weighted by atomic mass is 10.1.